The van der Waals surface area contributed by atoms with Crippen molar-refractivity contribution in [2.75, 3.05) is 6.54 Å². The molecule has 9 heavy (non-hydrogen) atoms. The molecular formula is C6H10N2O. The van der Waals surface area contributed by atoms with Crippen LogP contribution in [-0.2, 0) is 4.79 Å². The summed E-state index contributed by atoms with van der Waals surface area (Å²) in [6.45, 7) is 2.54. The molecule has 1 aliphatic rings. The number of likely N-dealkylation sites (tertiary alicyclic amines) is 1. The minimum atomic E-state index is -0.249. The number of nitrogens with two attached hydrogens (primary N) is 1. The number of hydrogen-bond donors (Lipinski definition) is 1. The second kappa shape index (κ2) is 2.19. The lowest BCUT2D eigenvalue weighted by atomic mass is 10.1. The van der Waals surface area contributed by atoms with E-state index in [2.05, 4.69) is 0 Å². The monoisotopic (exact) mass is 126 g/mol. The molecule has 0 saturated carbocycles. The van der Waals surface area contributed by atoms with Gasteiger partial charge in [-0.05, 0) is 6.92 Å². The lowest BCUT2D eigenvalue weighted by Crippen LogP contribution is -2.58. The predicted octanol–water partition coefficient (Wildman–Crippen LogP) is -0.310. The lowest BCUT2D eigenvalue weighted by molar-refractivity contribution is -0.138. The topological polar surface area (TPSA) is 46.3 Å². The van der Waals surface area contributed by atoms with Crippen LogP contribution >= 0.6 is 0 Å². The van der Waals surface area contributed by atoms with Gasteiger partial charge in [0, 0.05) is 12.7 Å². The molecule has 1 unspecified atom stereocenters. The fourth-order valence-corrected chi connectivity index (χ4v) is 0.795. The zero-order valence-electron chi connectivity index (χ0n) is 5.37. The van der Waals surface area contributed by atoms with Crippen LogP contribution in [0, 0.1) is 0 Å². The van der Waals surface area contributed by atoms with E-state index in [0.29, 0.717) is 6.54 Å². The number of hydrogen-bond acceptors (Lipinski definition) is 2. The molecule has 0 aromatic rings. The number of amides is 1. The van der Waals surface area contributed by atoms with Crippen LogP contribution in [0.25, 0.3) is 0 Å². The SMILES string of the molecule is C/C=C/N1CC(N)C1=O. The first-order chi connectivity index (χ1) is 4.25. The average molecular weight is 126 g/mol. The fraction of sp³-hybridized carbons (Fsp3) is 0.500. The summed E-state index contributed by atoms with van der Waals surface area (Å²) in [6.07, 6.45) is 3.56. The van der Waals surface area contributed by atoms with Crippen LogP contribution < -0.4 is 5.73 Å². The molecule has 0 aromatic carbocycles. The van der Waals surface area contributed by atoms with Crippen LogP contribution in [0.15, 0.2) is 12.3 Å². The Morgan fingerprint density at radius 1 is 1.89 bits per heavy atom. The molecule has 1 heterocycles. The molecule has 0 spiro atoms. The van der Waals surface area contributed by atoms with Crippen LogP contribution in [0.4, 0.5) is 0 Å². The average Bonchev–Trinajstić information content (AvgIpc) is 1.88. The van der Waals surface area contributed by atoms with Crippen LogP contribution in [0.1, 0.15) is 6.92 Å². The van der Waals surface area contributed by atoms with E-state index >= 15 is 0 Å². The summed E-state index contributed by atoms with van der Waals surface area (Å²) in [7, 11) is 0. The number of nitrogens with zero attached hydrogens (tertiary/aromatic N) is 1. The minimum absolute atomic E-state index is 0.0214. The maximum Gasteiger partial charge on any atom is 0.245 e. The molecule has 1 aliphatic heterocycles. The molecule has 1 atom stereocenters. The molecule has 3 nitrogen and oxygen atoms in total. The number of β-lactam (4-membered cyclic amide) rings is 1. The molecule has 0 aromatic heterocycles. The normalized spacial score (nSPS) is 27.1. The third kappa shape index (κ3) is 0.954. The van der Waals surface area contributed by atoms with Crippen molar-refractivity contribution in [3.05, 3.63) is 12.3 Å². The molecule has 2 N–H and O–H groups in total. The summed E-state index contributed by atoms with van der Waals surface area (Å²) in [4.78, 5) is 12.3. The van der Waals surface area contributed by atoms with Crippen molar-refractivity contribution in [2.24, 2.45) is 5.73 Å². The first-order valence-electron chi connectivity index (χ1n) is 2.94. The number of carbonyl (C=O) groups is 1. The Labute approximate surface area is 54.1 Å². The van der Waals surface area contributed by atoms with Crippen molar-refractivity contribution in [1.82, 2.24) is 4.90 Å². The Balaban J connectivity index is 2.42. The van der Waals surface area contributed by atoms with Crippen LogP contribution in [0.2, 0.25) is 0 Å². The lowest BCUT2D eigenvalue weighted by Gasteiger charge is -2.32. The van der Waals surface area contributed by atoms with Gasteiger partial charge in [-0.1, -0.05) is 6.08 Å². The van der Waals surface area contributed by atoms with Crippen molar-refractivity contribution in [3.8, 4) is 0 Å². The van der Waals surface area contributed by atoms with Gasteiger partial charge in [-0.3, -0.25) is 4.79 Å². The third-order valence-corrected chi connectivity index (χ3v) is 1.32. The van der Waals surface area contributed by atoms with Gasteiger partial charge in [0.05, 0.1) is 0 Å². The largest absolute Gasteiger partial charge is 0.318 e. The van der Waals surface area contributed by atoms with Gasteiger partial charge in [-0.2, -0.15) is 0 Å². The highest BCUT2D eigenvalue weighted by molar-refractivity contribution is 5.88. The number of carbonyl (C=O) groups excluding carboxylic acids is 1. The first kappa shape index (κ1) is 6.29. The van der Waals surface area contributed by atoms with Crippen LogP contribution in [-0.4, -0.2) is 23.4 Å². The number of allylic oxidation sites excluding steroid dienone is 1. The highest BCUT2D eigenvalue weighted by Crippen LogP contribution is 2.06. The van der Waals surface area contributed by atoms with Gasteiger partial charge < -0.3 is 10.6 Å². The van der Waals surface area contributed by atoms with E-state index in [4.69, 9.17) is 5.73 Å². The van der Waals surface area contributed by atoms with E-state index in [1.54, 1.807) is 11.1 Å². The minimum Gasteiger partial charge on any atom is -0.318 e. The Bertz CT molecular complexity index is 153. The van der Waals surface area contributed by atoms with Crippen molar-refractivity contribution in [3.63, 3.8) is 0 Å². The van der Waals surface area contributed by atoms with Gasteiger partial charge in [-0.25, -0.2) is 0 Å². The van der Waals surface area contributed by atoms with E-state index in [-0.39, 0.29) is 11.9 Å². The second-order valence-corrected chi connectivity index (χ2v) is 2.08. The molecule has 3 heteroatoms. The zero-order valence-corrected chi connectivity index (χ0v) is 5.37. The Morgan fingerprint density at radius 2 is 2.56 bits per heavy atom. The molecule has 1 fully saturated rings. The highest BCUT2D eigenvalue weighted by atomic mass is 16.2. The van der Waals surface area contributed by atoms with Crippen molar-refractivity contribution in [2.45, 2.75) is 13.0 Å². The van der Waals surface area contributed by atoms with Gasteiger partial charge >= 0.3 is 0 Å². The fourth-order valence-electron chi connectivity index (χ4n) is 0.795. The summed E-state index contributed by atoms with van der Waals surface area (Å²) < 4.78 is 0. The maximum atomic E-state index is 10.7. The van der Waals surface area contributed by atoms with Gasteiger partial charge in [-0.15, -0.1) is 0 Å². The Morgan fingerprint density at radius 3 is 2.89 bits per heavy atom. The number of rotatable bonds is 1. The van der Waals surface area contributed by atoms with E-state index in [0.717, 1.165) is 0 Å². The summed E-state index contributed by atoms with van der Waals surface area (Å²) in [5.41, 5.74) is 5.32. The van der Waals surface area contributed by atoms with Gasteiger partial charge in [0.2, 0.25) is 5.91 Å². The summed E-state index contributed by atoms with van der Waals surface area (Å²) in [5, 5.41) is 0. The zero-order chi connectivity index (χ0) is 6.85. The standard InChI is InChI=1S/C6H10N2O/c1-2-3-8-4-5(7)6(8)9/h2-3,5H,4,7H2,1H3/b3-2+. The summed E-state index contributed by atoms with van der Waals surface area (Å²) >= 11 is 0. The molecule has 1 rings (SSSR count). The third-order valence-electron chi connectivity index (χ3n) is 1.32. The van der Waals surface area contributed by atoms with Gasteiger partial charge in [0.1, 0.15) is 6.04 Å². The molecular weight excluding hydrogens is 116 g/mol. The molecule has 0 bridgehead atoms. The molecule has 0 aliphatic carbocycles. The second-order valence-electron chi connectivity index (χ2n) is 2.08. The first-order valence-corrected chi connectivity index (χ1v) is 2.94. The van der Waals surface area contributed by atoms with E-state index in [1.807, 2.05) is 13.0 Å². The van der Waals surface area contributed by atoms with Crippen LogP contribution in [0.5, 0.6) is 0 Å². The van der Waals surface area contributed by atoms with E-state index < -0.39 is 0 Å². The predicted molar refractivity (Wildman–Crippen MR) is 34.5 cm³/mol. The Kier molecular flexibility index (Phi) is 1.53. The quantitative estimate of drug-likeness (QED) is 0.490. The summed E-state index contributed by atoms with van der Waals surface area (Å²) in [6, 6.07) is -0.249. The molecule has 1 saturated heterocycles. The van der Waals surface area contributed by atoms with E-state index in [1.165, 1.54) is 0 Å². The van der Waals surface area contributed by atoms with Crippen molar-refractivity contribution >= 4 is 5.91 Å². The summed E-state index contributed by atoms with van der Waals surface area (Å²) in [5.74, 6) is 0.0214. The van der Waals surface area contributed by atoms with Gasteiger partial charge in [0.15, 0.2) is 0 Å². The molecule has 50 valence electrons. The molecule has 1 amide bonds. The van der Waals surface area contributed by atoms with Gasteiger partial charge in [0.25, 0.3) is 0 Å². The smallest absolute Gasteiger partial charge is 0.245 e. The molecule has 0 radical (unpaired) electrons. The van der Waals surface area contributed by atoms with E-state index in [9.17, 15) is 4.79 Å². The van der Waals surface area contributed by atoms with Crippen LogP contribution in [0.3, 0.4) is 0 Å². The maximum absolute atomic E-state index is 10.7. The van der Waals surface area contributed by atoms with Crippen molar-refractivity contribution < 1.29 is 4.79 Å². The Hall–Kier alpha value is -0.830. The highest BCUT2D eigenvalue weighted by Gasteiger charge is 2.31. The van der Waals surface area contributed by atoms with Crippen molar-refractivity contribution in [1.29, 1.82) is 0 Å².